The Morgan fingerprint density at radius 2 is 2.61 bits per heavy atom. The molecule has 2 atom stereocenters. The fraction of sp³-hybridized carbons (Fsp3) is 0.500. The number of fused-ring (bicyclic) bond motifs is 1. The van der Waals surface area contributed by atoms with E-state index >= 15 is 0 Å². The number of amides is 1. The molecule has 1 aliphatic rings. The maximum absolute atomic E-state index is 12.5. The molecule has 1 saturated heterocycles. The number of hydrogen-bond acceptors (Lipinski definition) is 4. The van der Waals surface area contributed by atoms with Gasteiger partial charge in [-0.3, -0.25) is 4.79 Å². The van der Waals surface area contributed by atoms with E-state index in [0.717, 1.165) is 9.80 Å². The zero-order valence-corrected chi connectivity index (χ0v) is 12.6. The van der Waals surface area contributed by atoms with Crippen molar-refractivity contribution < 1.29 is 13.0 Å². The summed E-state index contributed by atoms with van der Waals surface area (Å²) in [6.07, 6.45) is 2.93. The van der Waals surface area contributed by atoms with E-state index in [-0.39, 0.29) is 25.3 Å². The van der Waals surface area contributed by atoms with E-state index in [1.165, 1.54) is 6.33 Å². The summed E-state index contributed by atoms with van der Waals surface area (Å²) in [5, 5.41) is 0.458. The number of carbonyl (C=O) groups excluding carboxylic acids is 1. The van der Waals surface area contributed by atoms with Gasteiger partial charge in [0.25, 0.3) is 6.50 Å². The minimum absolute atomic E-state index is 0.0581. The largest absolute Gasteiger partial charge is 0.354 e. The maximum atomic E-state index is 12.5. The van der Waals surface area contributed by atoms with Gasteiger partial charge in [-0.15, -0.1) is 0 Å². The zero-order chi connectivity index (χ0) is 21.6. The molecule has 120 valence electrons. The molecule has 1 amide bonds. The zero-order valence-electron chi connectivity index (χ0n) is 18.6. The van der Waals surface area contributed by atoms with Gasteiger partial charge in [0.1, 0.15) is 20.5 Å². The SMILES string of the molecule is [2H]C([2H])([N+]#[C-])C(=O)N1CC[C@@]([2H])(C)[C@@H](N(c2ncnc3[nH]ccc23)C([2H])([2H])[2H])C1. The van der Waals surface area contributed by atoms with Crippen molar-refractivity contribution in [2.24, 2.45) is 5.89 Å². The van der Waals surface area contributed by atoms with E-state index in [1.54, 1.807) is 19.2 Å². The van der Waals surface area contributed by atoms with Crippen LogP contribution in [0.5, 0.6) is 0 Å². The molecule has 7 heteroatoms. The van der Waals surface area contributed by atoms with E-state index in [4.69, 9.17) is 14.8 Å². The van der Waals surface area contributed by atoms with Gasteiger partial charge in [-0.25, -0.2) is 16.5 Å². The monoisotopic (exact) mass is 318 g/mol. The second-order valence-electron chi connectivity index (χ2n) is 5.39. The standard InChI is InChI=1S/C16H20N6O/c1-11-5-7-22(14(23)8-17-2)9-13(11)21(3)16-12-4-6-18-15(12)19-10-20-16/h4,6,10-11,13H,5,7-9H2,1,3H3,(H,18,19,20)/t11-,13+/m1/s1/i3D3,8D2,11D. The molecule has 1 fully saturated rings. The van der Waals surface area contributed by atoms with Crippen LogP contribution in [0.4, 0.5) is 5.82 Å². The Morgan fingerprint density at radius 3 is 3.39 bits per heavy atom. The van der Waals surface area contributed by atoms with Crippen LogP contribution in [0.3, 0.4) is 0 Å². The number of aromatic amines is 1. The minimum Gasteiger partial charge on any atom is -0.354 e. The molecule has 0 aromatic carbocycles. The van der Waals surface area contributed by atoms with Crippen LogP contribution in [0.2, 0.25) is 0 Å². The molecule has 0 spiro atoms. The number of aromatic nitrogens is 3. The Hall–Kier alpha value is -2.62. The lowest BCUT2D eigenvalue weighted by Gasteiger charge is -2.41. The predicted molar refractivity (Wildman–Crippen MR) is 87.9 cm³/mol. The summed E-state index contributed by atoms with van der Waals surface area (Å²) < 4.78 is 48.1. The normalized spacial score (nSPS) is 29.4. The molecule has 23 heavy (non-hydrogen) atoms. The van der Waals surface area contributed by atoms with E-state index in [9.17, 15) is 4.79 Å². The highest BCUT2D eigenvalue weighted by Gasteiger charge is 2.33. The van der Waals surface area contributed by atoms with Gasteiger partial charge in [-0.2, -0.15) is 0 Å². The summed E-state index contributed by atoms with van der Waals surface area (Å²) >= 11 is 0. The number of likely N-dealkylation sites (N-methyl/N-ethyl adjacent to an activating group) is 1. The first-order valence-electron chi connectivity index (χ1n) is 10.1. The van der Waals surface area contributed by atoms with Crippen molar-refractivity contribution in [1.82, 2.24) is 19.9 Å². The number of piperidine rings is 1. The van der Waals surface area contributed by atoms with Crippen molar-refractivity contribution in [2.45, 2.75) is 19.4 Å². The predicted octanol–water partition coefficient (Wildman–Crippen LogP) is 1.55. The third kappa shape index (κ3) is 2.84. The van der Waals surface area contributed by atoms with Crippen molar-refractivity contribution in [3.05, 3.63) is 30.0 Å². The molecular weight excluding hydrogens is 292 g/mol. The van der Waals surface area contributed by atoms with Crippen LogP contribution in [0.1, 0.15) is 21.6 Å². The molecule has 0 radical (unpaired) electrons. The van der Waals surface area contributed by atoms with Gasteiger partial charge in [0.15, 0.2) is 0 Å². The highest BCUT2D eigenvalue weighted by molar-refractivity contribution is 5.87. The van der Waals surface area contributed by atoms with Gasteiger partial charge in [0.2, 0.25) is 0 Å². The molecule has 1 aliphatic heterocycles. The summed E-state index contributed by atoms with van der Waals surface area (Å²) in [7, 11) is 0. The number of H-pyrrole nitrogens is 1. The van der Waals surface area contributed by atoms with Crippen molar-refractivity contribution in [1.29, 1.82) is 0 Å². The average Bonchev–Trinajstić information content (AvgIpc) is 3.11. The first-order valence-corrected chi connectivity index (χ1v) is 7.14. The number of hydrogen-bond donors (Lipinski definition) is 1. The van der Waals surface area contributed by atoms with Crippen LogP contribution in [-0.2, 0) is 4.79 Å². The Kier molecular flexibility index (Phi) is 2.58. The fourth-order valence-corrected chi connectivity index (χ4v) is 2.74. The summed E-state index contributed by atoms with van der Waals surface area (Å²) in [6.45, 7) is 2.91. The first kappa shape index (κ1) is 9.50. The molecule has 0 saturated carbocycles. The Balaban J connectivity index is 2.07. The van der Waals surface area contributed by atoms with Gasteiger partial charge in [-0.1, -0.05) is 6.92 Å². The molecule has 2 aromatic heterocycles. The lowest BCUT2D eigenvalue weighted by molar-refractivity contribution is -0.130. The summed E-state index contributed by atoms with van der Waals surface area (Å²) in [5.74, 6) is -2.20. The Labute approximate surface area is 143 Å². The quantitative estimate of drug-likeness (QED) is 0.872. The number of nitrogens with one attached hydrogen (secondary N) is 1. The van der Waals surface area contributed by atoms with Crippen molar-refractivity contribution in [3.63, 3.8) is 0 Å². The maximum Gasteiger partial charge on any atom is 0.302 e. The highest BCUT2D eigenvalue weighted by Crippen LogP contribution is 2.28. The van der Waals surface area contributed by atoms with Crippen molar-refractivity contribution in [2.75, 3.05) is 31.5 Å². The van der Waals surface area contributed by atoms with Crippen LogP contribution < -0.4 is 4.90 Å². The molecule has 7 nitrogen and oxygen atoms in total. The Morgan fingerprint density at radius 1 is 1.74 bits per heavy atom. The van der Waals surface area contributed by atoms with Gasteiger partial charge in [0, 0.05) is 31.7 Å². The molecular formula is C16H20N6O. The molecule has 3 heterocycles. The van der Waals surface area contributed by atoms with Crippen molar-refractivity contribution in [3.8, 4) is 0 Å². The number of rotatable bonds is 3. The average molecular weight is 318 g/mol. The molecule has 3 rings (SSSR count). The first-order chi connectivity index (χ1) is 13.4. The molecule has 0 bridgehead atoms. The van der Waals surface area contributed by atoms with Gasteiger partial charge in [0.05, 0.1) is 11.4 Å². The lowest BCUT2D eigenvalue weighted by atomic mass is 9.92. The summed E-state index contributed by atoms with van der Waals surface area (Å²) in [6, 6.07) is 0.621. The lowest BCUT2D eigenvalue weighted by Crippen LogP contribution is -2.53. The third-order valence-electron chi connectivity index (χ3n) is 4.05. The molecule has 0 unspecified atom stereocenters. The van der Waals surface area contributed by atoms with Gasteiger partial charge in [-0.05, 0) is 18.4 Å². The topological polar surface area (TPSA) is 69.5 Å². The smallest absolute Gasteiger partial charge is 0.302 e. The second-order valence-corrected chi connectivity index (χ2v) is 5.39. The van der Waals surface area contributed by atoms with E-state index in [1.807, 2.05) is 0 Å². The number of likely N-dealkylation sites (tertiary alicyclic amines) is 1. The minimum atomic E-state index is -2.74. The highest BCUT2D eigenvalue weighted by atomic mass is 16.2. The van der Waals surface area contributed by atoms with Crippen molar-refractivity contribution >= 4 is 22.8 Å². The van der Waals surface area contributed by atoms with Crippen LogP contribution in [0, 0.1) is 12.5 Å². The van der Waals surface area contributed by atoms with E-state index < -0.39 is 31.3 Å². The van der Waals surface area contributed by atoms with Gasteiger partial charge >= 0.3 is 5.91 Å². The van der Waals surface area contributed by atoms with Crippen LogP contribution in [0.15, 0.2) is 18.6 Å². The van der Waals surface area contributed by atoms with Crippen LogP contribution in [0.25, 0.3) is 15.9 Å². The fourth-order valence-electron chi connectivity index (χ4n) is 2.74. The number of nitrogens with zero attached hydrogens (tertiary/aromatic N) is 5. The summed E-state index contributed by atoms with van der Waals surface area (Å²) in [4.78, 5) is 28.5. The van der Waals surface area contributed by atoms with Crippen LogP contribution in [-0.4, -0.2) is 58.4 Å². The molecule has 1 N–H and O–H groups in total. The Bertz CT molecular complexity index is 965. The van der Waals surface area contributed by atoms with Gasteiger partial charge < -0.3 is 19.6 Å². The van der Waals surface area contributed by atoms with E-state index in [2.05, 4.69) is 19.8 Å². The summed E-state index contributed by atoms with van der Waals surface area (Å²) in [5.41, 5.74) is 0.434. The van der Waals surface area contributed by atoms with E-state index in [0.29, 0.717) is 11.0 Å². The third-order valence-corrected chi connectivity index (χ3v) is 4.05. The van der Waals surface area contributed by atoms with Crippen LogP contribution >= 0.6 is 0 Å². The molecule has 2 aromatic rings. The number of carbonyl (C=O) groups is 1. The number of anilines is 1. The molecule has 0 aliphatic carbocycles. The second kappa shape index (κ2) is 6.24.